The average molecular weight is 233 g/mol. The first kappa shape index (κ1) is 15.2. The van der Waals surface area contributed by atoms with Crippen molar-refractivity contribution in [3.63, 3.8) is 0 Å². The average Bonchev–Trinajstić information content (AvgIpc) is 2.23. The predicted molar refractivity (Wildman–Crippen MR) is 76.5 cm³/mol. The first-order chi connectivity index (χ1) is 7.95. The van der Waals surface area contributed by atoms with Crippen LogP contribution in [0.3, 0.4) is 0 Å². The van der Waals surface area contributed by atoms with Crippen LogP contribution in [0, 0.1) is 0 Å². The zero-order valence-electron chi connectivity index (χ0n) is 11.3. The van der Waals surface area contributed by atoms with Crippen molar-refractivity contribution < 1.29 is 0 Å². The summed E-state index contributed by atoms with van der Waals surface area (Å²) in [5, 5.41) is 6.10. The lowest BCUT2D eigenvalue weighted by atomic mass is 10.2. The Balaban J connectivity index is 4.23. The topological polar surface area (TPSA) is 36.4 Å². The molecule has 3 nitrogen and oxygen atoms in total. The van der Waals surface area contributed by atoms with Gasteiger partial charge in [-0.2, -0.15) is 0 Å². The lowest BCUT2D eigenvalue weighted by Gasteiger charge is -2.09. The van der Waals surface area contributed by atoms with Crippen molar-refractivity contribution in [2.45, 2.75) is 34.1 Å². The summed E-state index contributed by atoms with van der Waals surface area (Å²) in [4.78, 5) is 4.26. The molecule has 0 aromatic rings. The van der Waals surface area contributed by atoms with Crippen molar-refractivity contribution >= 4 is 5.84 Å². The fraction of sp³-hybridized carbons (Fsp3) is 0.357. The minimum atomic E-state index is 0.780. The van der Waals surface area contributed by atoms with E-state index in [1.54, 1.807) is 6.20 Å². The molecular formula is C14H23N3. The summed E-state index contributed by atoms with van der Waals surface area (Å²) in [6.45, 7) is 15.5. The van der Waals surface area contributed by atoms with Gasteiger partial charge in [0.25, 0.3) is 0 Å². The molecule has 0 aromatic carbocycles. The Hall–Kier alpha value is -1.77. The third-order valence-corrected chi connectivity index (χ3v) is 1.81. The van der Waals surface area contributed by atoms with Gasteiger partial charge in [0.05, 0.1) is 0 Å². The maximum Gasteiger partial charge on any atom is 0.102 e. The van der Waals surface area contributed by atoms with Gasteiger partial charge in [0.2, 0.25) is 0 Å². The van der Waals surface area contributed by atoms with Crippen LogP contribution < -0.4 is 10.6 Å². The van der Waals surface area contributed by atoms with Gasteiger partial charge in [-0.3, -0.25) is 0 Å². The van der Waals surface area contributed by atoms with Crippen molar-refractivity contribution in [3.05, 3.63) is 48.6 Å². The zero-order valence-corrected chi connectivity index (χ0v) is 11.3. The lowest BCUT2D eigenvalue weighted by molar-refractivity contribution is 0.975. The van der Waals surface area contributed by atoms with Gasteiger partial charge in [0.15, 0.2) is 0 Å². The number of nitrogens with one attached hydrogen (secondary N) is 2. The highest BCUT2D eigenvalue weighted by Crippen LogP contribution is 2.05. The second-order valence-electron chi connectivity index (χ2n) is 4.19. The molecule has 0 heterocycles. The lowest BCUT2D eigenvalue weighted by Crippen LogP contribution is -2.19. The molecule has 0 bridgehead atoms. The second-order valence-corrected chi connectivity index (χ2v) is 4.19. The summed E-state index contributed by atoms with van der Waals surface area (Å²) in [5.74, 6) is 0.848. The number of allylic oxidation sites excluding steroid dienone is 2. The summed E-state index contributed by atoms with van der Waals surface area (Å²) in [5.41, 5.74) is 3.27. The van der Waals surface area contributed by atoms with Crippen LogP contribution in [0.2, 0.25) is 0 Å². The number of hydrogen-bond acceptors (Lipinski definition) is 2. The molecule has 0 amide bonds. The molecule has 0 fully saturated rings. The maximum atomic E-state index is 4.26. The Labute approximate surface area is 105 Å². The number of nitrogens with zero attached hydrogens (tertiary/aromatic N) is 1. The van der Waals surface area contributed by atoms with Gasteiger partial charge < -0.3 is 10.6 Å². The van der Waals surface area contributed by atoms with E-state index >= 15 is 0 Å². The molecule has 0 spiro atoms. The number of hydrogen-bond donors (Lipinski definition) is 2. The quantitative estimate of drug-likeness (QED) is 0.544. The molecule has 17 heavy (non-hydrogen) atoms. The second kappa shape index (κ2) is 8.39. The Morgan fingerprint density at radius 2 is 1.88 bits per heavy atom. The first-order valence-electron chi connectivity index (χ1n) is 5.61. The molecule has 0 rings (SSSR count). The predicted octanol–water partition coefficient (Wildman–Crippen LogP) is 3.46. The van der Waals surface area contributed by atoms with Crippen molar-refractivity contribution in [2.75, 3.05) is 0 Å². The molecule has 0 atom stereocenters. The van der Waals surface area contributed by atoms with Crippen LogP contribution in [0.25, 0.3) is 0 Å². The highest BCUT2D eigenvalue weighted by Gasteiger charge is 1.96. The molecule has 0 aromatic heterocycles. The summed E-state index contributed by atoms with van der Waals surface area (Å²) in [6.07, 6.45) is 6.16. The minimum absolute atomic E-state index is 0.780. The highest BCUT2D eigenvalue weighted by molar-refractivity contribution is 5.81. The molecular weight excluding hydrogens is 210 g/mol. The van der Waals surface area contributed by atoms with Gasteiger partial charge in [0, 0.05) is 18.3 Å². The van der Waals surface area contributed by atoms with Crippen molar-refractivity contribution in [2.24, 2.45) is 4.99 Å². The van der Waals surface area contributed by atoms with Crippen LogP contribution in [-0.2, 0) is 0 Å². The fourth-order valence-corrected chi connectivity index (χ4v) is 1.15. The van der Waals surface area contributed by atoms with E-state index < -0.39 is 0 Å². The van der Waals surface area contributed by atoms with Crippen molar-refractivity contribution in [3.8, 4) is 0 Å². The molecule has 0 saturated carbocycles. The molecule has 0 unspecified atom stereocenters. The first-order valence-corrected chi connectivity index (χ1v) is 5.61. The third-order valence-electron chi connectivity index (χ3n) is 1.81. The summed E-state index contributed by atoms with van der Waals surface area (Å²) >= 11 is 0. The molecule has 94 valence electrons. The van der Waals surface area contributed by atoms with Crippen LogP contribution in [0.5, 0.6) is 0 Å². The van der Waals surface area contributed by atoms with E-state index in [9.17, 15) is 0 Å². The normalized spacial score (nSPS) is 11.8. The molecule has 3 heteroatoms. The van der Waals surface area contributed by atoms with Crippen molar-refractivity contribution in [1.29, 1.82) is 0 Å². The van der Waals surface area contributed by atoms with Crippen LogP contribution in [0.15, 0.2) is 53.6 Å². The third kappa shape index (κ3) is 9.18. The standard InChI is InChI=1S/C14H23N3/c1-7-15-10-12(4)8-13(5)17-14(6)16-9-11(2)3/h7,9-10,15H,1,5,8H2,2-4,6H3,(H,16,17)/b12-10+. The van der Waals surface area contributed by atoms with E-state index in [0.29, 0.717) is 0 Å². The summed E-state index contributed by atoms with van der Waals surface area (Å²) in [7, 11) is 0. The SMILES string of the molecule is C=CN/C=C(\C)CC(=C)NC(C)=NC=C(C)C. The molecule has 0 aliphatic carbocycles. The molecule has 0 aliphatic rings. The Morgan fingerprint density at radius 1 is 1.24 bits per heavy atom. The molecule has 0 radical (unpaired) electrons. The number of aliphatic imine (C=N–C) groups is 1. The van der Waals surface area contributed by atoms with E-state index in [0.717, 1.165) is 18.0 Å². The molecule has 0 saturated heterocycles. The smallest absolute Gasteiger partial charge is 0.102 e. The van der Waals surface area contributed by atoms with E-state index in [1.165, 1.54) is 11.1 Å². The van der Waals surface area contributed by atoms with Gasteiger partial charge in [-0.15, -0.1) is 0 Å². The molecule has 2 N–H and O–H groups in total. The Kier molecular flexibility index (Phi) is 7.52. The van der Waals surface area contributed by atoms with Gasteiger partial charge >= 0.3 is 0 Å². The molecule has 0 aliphatic heterocycles. The monoisotopic (exact) mass is 233 g/mol. The van der Waals surface area contributed by atoms with Gasteiger partial charge in [-0.1, -0.05) is 24.3 Å². The van der Waals surface area contributed by atoms with E-state index in [-0.39, 0.29) is 0 Å². The maximum absolute atomic E-state index is 4.26. The highest BCUT2D eigenvalue weighted by atomic mass is 15.0. The van der Waals surface area contributed by atoms with Crippen LogP contribution in [0.1, 0.15) is 34.1 Å². The van der Waals surface area contributed by atoms with E-state index in [1.807, 2.05) is 40.1 Å². The summed E-state index contributed by atoms with van der Waals surface area (Å²) < 4.78 is 0. The number of amidine groups is 1. The number of rotatable bonds is 6. The Morgan fingerprint density at radius 3 is 2.41 bits per heavy atom. The van der Waals surface area contributed by atoms with Crippen LogP contribution in [0.4, 0.5) is 0 Å². The largest absolute Gasteiger partial charge is 0.368 e. The van der Waals surface area contributed by atoms with Crippen molar-refractivity contribution in [1.82, 2.24) is 10.6 Å². The van der Waals surface area contributed by atoms with Gasteiger partial charge in [-0.05, 0) is 40.1 Å². The van der Waals surface area contributed by atoms with E-state index in [4.69, 9.17) is 0 Å². The minimum Gasteiger partial charge on any atom is -0.368 e. The van der Waals surface area contributed by atoms with E-state index in [2.05, 4.69) is 28.8 Å². The fourth-order valence-electron chi connectivity index (χ4n) is 1.15. The Bertz CT molecular complexity index is 356. The van der Waals surface area contributed by atoms with Crippen LogP contribution in [-0.4, -0.2) is 5.84 Å². The summed E-state index contributed by atoms with van der Waals surface area (Å²) in [6, 6.07) is 0. The van der Waals surface area contributed by atoms with Gasteiger partial charge in [0.1, 0.15) is 5.84 Å². The van der Waals surface area contributed by atoms with Crippen LogP contribution >= 0.6 is 0 Å². The van der Waals surface area contributed by atoms with Gasteiger partial charge in [-0.25, -0.2) is 4.99 Å². The zero-order chi connectivity index (χ0) is 13.3.